The summed E-state index contributed by atoms with van der Waals surface area (Å²) < 4.78 is 5.17. The quantitative estimate of drug-likeness (QED) is 0.814. The van der Waals surface area contributed by atoms with Crippen LogP contribution in [-0.4, -0.2) is 18.3 Å². The molecule has 0 heterocycles. The van der Waals surface area contributed by atoms with Crippen LogP contribution >= 0.6 is 0 Å². The van der Waals surface area contributed by atoms with Crippen LogP contribution in [0.1, 0.15) is 23.6 Å². The first-order chi connectivity index (χ1) is 9.99. The van der Waals surface area contributed by atoms with Crippen LogP contribution in [0.25, 0.3) is 0 Å². The number of hydrogen-bond donors (Lipinski definition) is 2. The van der Waals surface area contributed by atoms with Crippen molar-refractivity contribution in [2.24, 2.45) is 0 Å². The van der Waals surface area contributed by atoms with Crippen molar-refractivity contribution in [1.82, 2.24) is 0 Å². The summed E-state index contributed by atoms with van der Waals surface area (Å²) in [7, 11) is 1.68. The number of hydrogen-bond acceptors (Lipinski definition) is 3. The minimum absolute atomic E-state index is 0.307. The molecule has 0 saturated heterocycles. The van der Waals surface area contributed by atoms with E-state index in [1.807, 2.05) is 32.0 Å². The molecule has 0 aliphatic rings. The molecular weight excluding hydrogens is 262 g/mol. The zero-order chi connectivity index (χ0) is 15.4. The number of phenols is 1. The number of aryl methyl sites for hydroxylation is 2. The smallest absolute Gasteiger partial charge is 0.118 e. The second kappa shape index (κ2) is 6.53. The lowest BCUT2D eigenvalue weighted by Crippen LogP contribution is -2.18. The molecule has 0 amide bonds. The molecule has 2 N–H and O–H groups in total. The van der Waals surface area contributed by atoms with Gasteiger partial charge in [0.15, 0.2) is 0 Å². The van der Waals surface area contributed by atoms with E-state index in [0.717, 1.165) is 29.0 Å². The molecule has 0 bridgehead atoms. The Morgan fingerprint density at radius 3 is 2.38 bits per heavy atom. The largest absolute Gasteiger partial charge is 0.508 e. The van der Waals surface area contributed by atoms with Crippen LogP contribution in [0.3, 0.4) is 0 Å². The fourth-order valence-corrected chi connectivity index (χ4v) is 2.39. The number of rotatable bonds is 5. The van der Waals surface area contributed by atoms with Gasteiger partial charge in [-0.25, -0.2) is 0 Å². The summed E-state index contributed by atoms with van der Waals surface area (Å²) >= 11 is 0. The summed E-state index contributed by atoms with van der Waals surface area (Å²) in [6.45, 7) is 6.07. The molecular formula is C18H23NO2. The fraction of sp³-hybridized carbons (Fsp3) is 0.333. The number of aromatic hydroxyl groups is 1. The highest BCUT2D eigenvalue weighted by atomic mass is 16.5. The Labute approximate surface area is 126 Å². The van der Waals surface area contributed by atoms with Gasteiger partial charge in [-0.3, -0.25) is 0 Å². The van der Waals surface area contributed by atoms with Crippen LogP contribution in [0.2, 0.25) is 0 Å². The number of anilines is 1. The minimum Gasteiger partial charge on any atom is -0.508 e. The Kier molecular flexibility index (Phi) is 4.73. The molecule has 3 nitrogen and oxygen atoms in total. The molecule has 1 unspecified atom stereocenters. The normalized spacial score (nSPS) is 12.0. The highest BCUT2D eigenvalue weighted by Gasteiger charge is 2.08. The van der Waals surface area contributed by atoms with Crippen molar-refractivity contribution in [2.75, 3.05) is 12.4 Å². The van der Waals surface area contributed by atoms with Crippen LogP contribution in [0, 0.1) is 13.8 Å². The van der Waals surface area contributed by atoms with E-state index < -0.39 is 0 Å². The van der Waals surface area contributed by atoms with Gasteiger partial charge in [-0.05, 0) is 68.1 Å². The molecule has 0 radical (unpaired) electrons. The van der Waals surface area contributed by atoms with E-state index in [1.165, 1.54) is 5.56 Å². The molecule has 0 aliphatic heterocycles. The summed E-state index contributed by atoms with van der Waals surface area (Å²) in [6.07, 6.45) is 0.934. The molecule has 2 rings (SSSR count). The van der Waals surface area contributed by atoms with Crippen LogP contribution in [-0.2, 0) is 6.42 Å². The van der Waals surface area contributed by atoms with Gasteiger partial charge in [0.05, 0.1) is 7.11 Å². The van der Waals surface area contributed by atoms with Gasteiger partial charge >= 0.3 is 0 Å². The lowest BCUT2D eigenvalue weighted by Gasteiger charge is -2.18. The average Bonchev–Trinajstić information content (AvgIpc) is 2.45. The van der Waals surface area contributed by atoms with Gasteiger partial charge in [0.2, 0.25) is 0 Å². The van der Waals surface area contributed by atoms with Crippen molar-refractivity contribution >= 4 is 5.69 Å². The summed E-state index contributed by atoms with van der Waals surface area (Å²) in [5, 5.41) is 13.2. The van der Waals surface area contributed by atoms with Crippen LogP contribution in [0.4, 0.5) is 5.69 Å². The molecule has 112 valence electrons. The Morgan fingerprint density at radius 2 is 1.76 bits per heavy atom. The third-order valence-corrected chi connectivity index (χ3v) is 3.65. The third kappa shape index (κ3) is 3.91. The van der Waals surface area contributed by atoms with E-state index in [4.69, 9.17) is 4.74 Å². The van der Waals surface area contributed by atoms with Crippen LogP contribution in [0.5, 0.6) is 11.5 Å². The second-order valence-corrected chi connectivity index (χ2v) is 5.55. The monoisotopic (exact) mass is 285 g/mol. The molecule has 21 heavy (non-hydrogen) atoms. The van der Waals surface area contributed by atoms with E-state index in [-0.39, 0.29) is 0 Å². The Balaban J connectivity index is 2.04. The van der Waals surface area contributed by atoms with Gasteiger partial charge in [-0.15, -0.1) is 0 Å². The second-order valence-electron chi connectivity index (χ2n) is 5.55. The average molecular weight is 285 g/mol. The van der Waals surface area contributed by atoms with E-state index >= 15 is 0 Å². The van der Waals surface area contributed by atoms with Crippen molar-refractivity contribution in [2.45, 2.75) is 33.2 Å². The highest BCUT2D eigenvalue weighted by molar-refractivity contribution is 5.57. The topological polar surface area (TPSA) is 41.5 Å². The standard InChI is InChI=1S/C18H23NO2/c1-12-10-18(20)13(2)9-17(12)19-14(3)11-15-5-7-16(21-4)8-6-15/h5-10,14,19-20H,11H2,1-4H3. The van der Waals surface area contributed by atoms with Gasteiger partial charge in [0.1, 0.15) is 11.5 Å². The highest BCUT2D eigenvalue weighted by Crippen LogP contribution is 2.26. The van der Waals surface area contributed by atoms with E-state index in [0.29, 0.717) is 11.8 Å². The molecule has 0 spiro atoms. The van der Waals surface area contributed by atoms with E-state index in [2.05, 4.69) is 24.4 Å². The van der Waals surface area contributed by atoms with Crippen molar-refractivity contribution in [3.05, 3.63) is 53.1 Å². The first-order valence-corrected chi connectivity index (χ1v) is 7.19. The Bertz CT molecular complexity index is 605. The predicted molar refractivity (Wildman–Crippen MR) is 87.4 cm³/mol. The molecule has 2 aromatic rings. The van der Waals surface area contributed by atoms with E-state index in [9.17, 15) is 5.11 Å². The Hall–Kier alpha value is -2.16. The summed E-state index contributed by atoms with van der Waals surface area (Å²) in [6, 6.07) is 12.3. The molecule has 0 aromatic heterocycles. The van der Waals surface area contributed by atoms with Gasteiger partial charge in [0.25, 0.3) is 0 Å². The lowest BCUT2D eigenvalue weighted by molar-refractivity contribution is 0.414. The van der Waals surface area contributed by atoms with Crippen LogP contribution < -0.4 is 10.1 Å². The maximum absolute atomic E-state index is 9.70. The molecule has 1 atom stereocenters. The summed E-state index contributed by atoms with van der Waals surface area (Å²) in [5.41, 5.74) is 4.29. The number of benzene rings is 2. The zero-order valence-electron chi connectivity index (χ0n) is 13.1. The van der Waals surface area contributed by atoms with E-state index in [1.54, 1.807) is 13.2 Å². The fourth-order valence-electron chi connectivity index (χ4n) is 2.39. The summed E-state index contributed by atoms with van der Waals surface area (Å²) in [5.74, 6) is 1.23. The Morgan fingerprint density at radius 1 is 1.10 bits per heavy atom. The maximum atomic E-state index is 9.70. The van der Waals surface area contributed by atoms with Gasteiger partial charge in [-0.1, -0.05) is 12.1 Å². The number of ether oxygens (including phenoxy) is 1. The molecule has 2 aromatic carbocycles. The molecule has 0 saturated carbocycles. The number of nitrogens with one attached hydrogen (secondary N) is 1. The number of phenolic OH excluding ortho intramolecular Hbond substituents is 1. The number of methoxy groups -OCH3 is 1. The third-order valence-electron chi connectivity index (χ3n) is 3.65. The van der Waals surface area contributed by atoms with Crippen molar-refractivity contribution in [1.29, 1.82) is 0 Å². The first-order valence-electron chi connectivity index (χ1n) is 7.19. The van der Waals surface area contributed by atoms with Crippen molar-refractivity contribution < 1.29 is 9.84 Å². The molecule has 0 fully saturated rings. The van der Waals surface area contributed by atoms with Crippen LogP contribution in [0.15, 0.2) is 36.4 Å². The van der Waals surface area contributed by atoms with Gasteiger partial charge in [0, 0.05) is 11.7 Å². The maximum Gasteiger partial charge on any atom is 0.118 e. The molecule has 3 heteroatoms. The summed E-state index contributed by atoms with van der Waals surface area (Å²) in [4.78, 5) is 0. The van der Waals surface area contributed by atoms with Crippen molar-refractivity contribution in [3.63, 3.8) is 0 Å². The lowest BCUT2D eigenvalue weighted by atomic mass is 10.0. The predicted octanol–water partition coefficient (Wildman–Crippen LogP) is 4.06. The van der Waals surface area contributed by atoms with Crippen molar-refractivity contribution in [3.8, 4) is 11.5 Å². The zero-order valence-corrected chi connectivity index (χ0v) is 13.1. The van der Waals surface area contributed by atoms with Gasteiger partial charge in [-0.2, -0.15) is 0 Å². The van der Waals surface area contributed by atoms with Gasteiger partial charge < -0.3 is 15.2 Å². The first kappa shape index (κ1) is 15.2. The molecule has 0 aliphatic carbocycles. The minimum atomic E-state index is 0.307. The SMILES string of the molecule is COc1ccc(CC(C)Nc2cc(C)c(O)cc2C)cc1.